The third kappa shape index (κ3) is 10.9. The molecule has 0 aromatic carbocycles. The number of aromatic nitrogens is 6. The van der Waals surface area contributed by atoms with Gasteiger partial charge in [0.1, 0.15) is 15.2 Å². The van der Waals surface area contributed by atoms with Gasteiger partial charge in [-0.1, -0.05) is 41.6 Å². The lowest BCUT2D eigenvalue weighted by molar-refractivity contribution is 0.106. The van der Waals surface area contributed by atoms with Gasteiger partial charge in [0, 0.05) is 35.6 Å². The first-order valence-electron chi connectivity index (χ1n) is 14.4. The van der Waals surface area contributed by atoms with Crippen molar-refractivity contribution in [1.29, 1.82) is 0 Å². The second kappa shape index (κ2) is 17.8. The van der Waals surface area contributed by atoms with Gasteiger partial charge >= 0.3 is 18.2 Å². The van der Waals surface area contributed by atoms with E-state index in [0.717, 1.165) is 46.2 Å². The van der Waals surface area contributed by atoms with Crippen LogP contribution in [0.1, 0.15) is 62.5 Å². The summed E-state index contributed by atoms with van der Waals surface area (Å²) in [4.78, 5) is 59.7. The van der Waals surface area contributed by atoms with Crippen LogP contribution in [-0.2, 0) is 30.9 Å². The maximum atomic E-state index is 11.9. The van der Waals surface area contributed by atoms with Gasteiger partial charge < -0.3 is 31.7 Å². The molecule has 47 heavy (non-hydrogen) atoms. The Kier molecular flexibility index (Phi) is 14.4. The molecule has 0 radical (unpaired) electrons. The number of halogens is 3. The van der Waals surface area contributed by atoms with E-state index in [9.17, 15) is 14.4 Å². The van der Waals surface area contributed by atoms with Crippen LogP contribution in [0.4, 0.5) is 26.3 Å². The topological polar surface area (TPSA) is 212 Å². The van der Waals surface area contributed by atoms with Gasteiger partial charge in [0.25, 0.3) is 0 Å². The van der Waals surface area contributed by atoms with Gasteiger partial charge in [-0.05, 0) is 60.1 Å². The SMILES string of the molecule is C.CCOC(=O)N1Cc2nc(N)nc(Cl)c2C1.CI.Nc1nc(I)c2c(n1)CN(C(=O)NC1CC1)C2.O=C(NC1CC1)n1ccnc1. The maximum Gasteiger partial charge on any atom is 0.410 e. The van der Waals surface area contributed by atoms with Crippen LogP contribution in [0.5, 0.6) is 0 Å². The molecule has 6 N–H and O–H groups in total. The summed E-state index contributed by atoms with van der Waals surface area (Å²) in [6.07, 6.45) is 8.76. The first-order valence-corrected chi connectivity index (χ1v) is 18.0. The molecule has 2 aliphatic carbocycles. The number of fused-ring (bicyclic) bond motifs is 2. The quantitative estimate of drug-likeness (QED) is 0.165. The minimum Gasteiger partial charge on any atom is -0.450 e. The lowest BCUT2D eigenvalue weighted by Crippen LogP contribution is -2.37. The second-order valence-electron chi connectivity index (χ2n) is 10.4. The molecule has 0 atom stereocenters. The fraction of sp³-hybridized carbons (Fsp3) is 0.500. The van der Waals surface area contributed by atoms with E-state index in [1.54, 1.807) is 24.2 Å². The van der Waals surface area contributed by atoms with E-state index in [0.29, 0.717) is 55.7 Å². The first kappa shape index (κ1) is 38.2. The number of urea groups is 1. The molecule has 256 valence electrons. The Morgan fingerprint density at radius 1 is 0.894 bits per heavy atom. The first-order chi connectivity index (χ1) is 22.1. The molecule has 19 heteroatoms. The van der Waals surface area contributed by atoms with Crippen LogP contribution in [0.2, 0.25) is 5.15 Å². The van der Waals surface area contributed by atoms with Crippen molar-refractivity contribution in [2.24, 2.45) is 0 Å². The Morgan fingerprint density at radius 2 is 1.45 bits per heavy atom. The summed E-state index contributed by atoms with van der Waals surface area (Å²) in [7, 11) is 0. The lowest BCUT2D eigenvalue weighted by Gasteiger charge is -2.15. The van der Waals surface area contributed by atoms with E-state index in [1.165, 1.54) is 15.8 Å². The summed E-state index contributed by atoms with van der Waals surface area (Å²) in [5.41, 5.74) is 14.4. The Labute approximate surface area is 305 Å². The molecule has 4 amide bonds. The standard InChI is InChI=1S/C10H12IN5O.C9H11ClN4O2.C7H9N3O.CH3I.CH4/c11-8-6-3-16(10(17)13-5-1-2-5)4-7(6)14-9(12)15-8;1-2-16-9(15)14-3-5-6(4-14)12-8(11)13-7(5)10;11-7(9-6-1-2-6)10-4-3-8-5-10;1-2;/h5H,1-4H2,(H,13,17)(H2,12,14,15);2-4H2,1H3,(H2,11,12,13);3-6H,1-2H2,(H,9,11);1H3;1H4. The van der Waals surface area contributed by atoms with Crippen LogP contribution in [0, 0.1) is 3.70 Å². The zero-order valence-electron chi connectivity index (χ0n) is 25.3. The number of carbonyl (C=O) groups excluding carboxylic acids is 3. The van der Waals surface area contributed by atoms with Crippen molar-refractivity contribution in [3.63, 3.8) is 0 Å². The number of nitrogens with one attached hydrogen (secondary N) is 2. The van der Waals surface area contributed by atoms with E-state index < -0.39 is 0 Å². The van der Waals surface area contributed by atoms with Crippen molar-refractivity contribution in [1.82, 2.24) is 49.9 Å². The van der Waals surface area contributed by atoms with Crippen LogP contribution >= 0.6 is 56.8 Å². The summed E-state index contributed by atoms with van der Waals surface area (Å²) < 4.78 is 7.17. The third-order valence-corrected chi connectivity index (χ3v) is 8.07. The summed E-state index contributed by atoms with van der Waals surface area (Å²) >= 11 is 10.2. The highest BCUT2D eigenvalue weighted by Crippen LogP contribution is 2.28. The Morgan fingerprint density at radius 3 is 2.02 bits per heavy atom. The summed E-state index contributed by atoms with van der Waals surface area (Å²) in [6.45, 7) is 3.93. The number of anilines is 2. The van der Waals surface area contributed by atoms with Crippen LogP contribution in [0.3, 0.4) is 0 Å². The number of rotatable bonds is 3. The number of nitrogens with zero attached hydrogens (tertiary/aromatic N) is 8. The van der Waals surface area contributed by atoms with Gasteiger partial charge in [-0.15, -0.1) is 0 Å². The molecule has 0 unspecified atom stereocenters. The van der Waals surface area contributed by atoms with E-state index in [1.807, 2.05) is 4.93 Å². The third-order valence-electron chi connectivity index (χ3n) is 6.86. The van der Waals surface area contributed by atoms with Crippen molar-refractivity contribution < 1.29 is 19.1 Å². The van der Waals surface area contributed by atoms with Gasteiger partial charge in [0.2, 0.25) is 11.9 Å². The number of alkyl halides is 1. The molecule has 3 aromatic rings. The van der Waals surface area contributed by atoms with Crippen molar-refractivity contribution in [3.8, 4) is 0 Å². The van der Waals surface area contributed by atoms with Crippen LogP contribution < -0.4 is 22.1 Å². The van der Waals surface area contributed by atoms with Gasteiger partial charge in [-0.3, -0.25) is 9.47 Å². The van der Waals surface area contributed by atoms with E-state index >= 15 is 0 Å². The Bertz CT molecular complexity index is 1540. The fourth-order valence-corrected chi connectivity index (χ4v) is 5.29. The van der Waals surface area contributed by atoms with E-state index in [4.69, 9.17) is 27.8 Å². The zero-order valence-corrected chi connectivity index (χ0v) is 30.3. The molecule has 16 nitrogen and oxygen atoms in total. The molecule has 0 bridgehead atoms. The average molecular weight is 897 g/mol. The Balaban J connectivity index is 0.000000188. The summed E-state index contributed by atoms with van der Waals surface area (Å²) in [5.74, 6) is 0.395. The van der Waals surface area contributed by atoms with Crippen LogP contribution in [-0.4, -0.2) is 81.1 Å². The number of hydrogen-bond donors (Lipinski definition) is 4. The van der Waals surface area contributed by atoms with Crippen molar-refractivity contribution >= 4 is 86.8 Å². The van der Waals surface area contributed by atoms with Gasteiger partial charge in [0.05, 0.1) is 44.2 Å². The van der Waals surface area contributed by atoms with Gasteiger partial charge in [0.15, 0.2) is 0 Å². The smallest absolute Gasteiger partial charge is 0.410 e. The predicted molar refractivity (Wildman–Crippen MR) is 194 cm³/mol. The molecular weight excluding hydrogens is 858 g/mol. The maximum absolute atomic E-state index is 11.9. The van der Waals surface area contributed by atoms with Gasteiger partial charge in [-0.25, -0.2) is 39.3 Å². The molecule has 4 aliphatic rings. The van der Waals surface area contributed by atoms with Crippen LogP contribution in [0.25, 0.3) is 0 Å². The molecule has 2 saturated carbocycles. The molecular formula is C28H39ClI2N12O4. The Hall–Kier alpha value is -3.27. The number of nitrogen functional groups attached to an aromatic ring is 2. The normalized spacial score (nSPS) is 15.2. The predicted octanol–water partition coefficient (Wildman–Crippen LogP) is 4.33. The fourth-order valence-electron chi connectivity index (χ4n) is 4.30. The monoisotopic (exact) mass is 896 g/mol. The number of imidazole rings is 1. The number of amides is 4. The van der Waals surface area contributed by atoms with Gasteiger partial charge in [-0.2, -0.15) is 0 Å². The molecule has 5 heterocycles. The largest absolute Gasteiger partial charge is 0.450 e. The number of ether oxygens (including phenoxy) is 1. The van der Waals surface area contributed by atoms with E-state index in [2.05, 4.69) is 80.7 Å². The summed E-state index contributed by atoms with van der Waals surface area (Å²) in [5, 5.41) is 6.11. The van der Waals surface area contributed by atoms with Crippen LogP contribution in [0.15, 0.2) is 18.7 Å². The zero-order chi connectivity index (χ0) is 33.4. The molecule has 0 spiro atoms. The average Bonchev–Trinajstić information content (AvgIpc) is 3.82. The molecule has 2 fully saturated rings. The highest BCUT2D eigenvalue weighted by atomic mass is 127. The molecule has 0 saturated heterocycles. The summed E-state index contributed by atoms with van der Waals surface area (Å²) in [6, 6.07) is 0.691. The molecule has 3 aromatic heterocycles. The highest BCUT2D eigenvalue weighted by molar-refractivity contribution is 14.1. The highest BCUT2D eigenvalue weighted by Gasteiger charge is 2.31. The van der Waals surface area contributed by atoms with E-state index in [-0.39, 0.29) is 37.5 Å². The van der Waals surface area contributed by atoms with Crippen molar-refractivity contribution in [3.05, 3.63) is 50.1 Å². The molecule has 2 aliphatic heterocycles. The number of carbonyl (C=O) groups is 3. The number of hydrogen-bond acceptors (Lipinski definition) is 11. The minimum atomic E-state index is -0.380. The molecule has 7 rings (SSSR count). The minimum absolute atomic E-state index is 0. The lowest BCUT2D eigenvalue weighted by atomic mass is 10.3. The number of nitrogens with two attached hydrogens (primary N) is 2. The van der Waals surface area contributed by atoms with Crippen molar-refractivity contribution in [2.75, 3.05) is 23.0 Å². The second-order valence-corrected chi connectivity index (χ2v) is 11.8. The van der Waals surface area contributed by atoms with Crippen molar-refractivity contribution in [2.45, 2.75) is 78.3 Å².